The lowest BCUT2D eigenvalue weighted by Crippen LogP contribution is -2.36. The van der Waals surface area contributed by atoms with Crippen molar-refractivity contribution >= 4 is 16.6 Å². The van der Waals surface area contributed by atoms with Gasteiger partial charge in [0.15, 0.2) is 5.78 Å². The minimum absolute atomic E-state index is 0.0954. The summed E-state index contributed by atoms with van der Waals surface area (Å²) in [6.07, 6.45) is 0. The highest BCUT2D eigenvalue weighted by atomic mass is 16.1. The first-order valence-corrected chi connectivity index (χ1v) is 15.0. The molecule has 200 valence electrons. The van der Waals surface area contributed by atoms with Gasteiger partial charge in [0.2, 0.25) is 0 Å². The molecule has 0 bridgehead atoms. The lowest BCUT2D eigenvalue weighted by atomic mass is 9.57. The number of aryl methyl sites for hydroxylation is 2. The van der Waals surface area contributed by atoms with Crippen LogP contribution in [0, 0.1) is 13.8 Å². The van der Waals surface area contributed by atoms with E-state index in [-0.39, 0.29) is 23.7 Å². The summed E-state index contributed by atoms with van der Waals surface area (Å²) in [5, 5.41) is 2.66. The van der Waals surface area contributed by atoms with Crippen LogP contribution in [-0.2, 0) is 4.79 Å². The standard InChI is InChI=1S/C41H30O/c1-23-21-31-34(25-13-5-3-6-14-25)27-17-9-11-19-29(27)38-36(31)40-33(23)24(2)22-32-35(26-15-7-4-8-16-26)28-18-10-12-20-30(28)39(37(32)40)41(38)42/h3-22,34-35,38-39H,1-2H3. The molecule has 4 atom stereocenters. The molecule has 3 aliphatic rings. The van der Waals surface area contributed by atoms with Crippen LogP contribution in [0.4, 0.5) is 0 Å². The number of fused-ring (bicyclic) bond motifs is 4. The van der Waals surface area contributed by atoms with Gasteiger partial charge in [0.25, 0.3) is 0 Å². The number of benzene rings is 6. The predicted molar refractivity (Wildman–Crippen MR) is 170 cm³/mol. The van der Waals surface area contributed by atoms with Gasteiger partial charge in [0.05, 0.1) is 11.8 Å². The van der Waals surface area contributed by atoms with Crippen molar-refractivity contribution in [1.29, 1.82) is 0 Å². The summed E-state index contributed by atoms with van der Waals surface area (Å²) in [5.41, 5.74) is 15.1. The molecule has 0 fully saturated rings. The average molecular weight is 539 g/mol. The van der Waals surface area contributed by atoms with E-state index in [1.54, 1.807) is 0 Å². The Labute approximate surface area is 246 Å². The third-order valence-corrected chi connectivity index (χ3v) is 10.2. The second kappa shape index (κ2) is 8.63. The second-order valence-electron chi connectivity index (χ2n) is 12.4. The molecule has 0 aliphatic heterocycles. The summed E-state index contributed by atoms with van der Waals surface area (Å²) in [6.45, 7) is 4.53. The molecule has 0 heterocycles. The van der Waals surface area contributed by atoms with E-state index in [4.69, 9.17) is 0 Å². The monoisotopic (exact) mass is 538 g/mol. The fourth-order valence-electron chi connectivity index (χ4n) is 8.76. The van der Waals surface area contributed by atoms with Crippen LogP contribution in [0.5, 0.6) is 0 Å². The molecule has 1 heteroatoms. The Morgan fingerprint density at radius 3 is 1.17 bits per heavy atom. The van der Waals surface area contributed by atoms with Crippen molar-refractivity contribution in [1.82, 2.24) is 0 Å². The Morgan fingerprint density at radius 1 is 0.405 bits per heavy atom. The maximum absolute atomic E-state index is 15.1. The van der Waals surface area contributed by atoms with Crippen LogP contribution in [0.1, 0.15) is 90.4 Å². The lowest BCUT2D eigenvalue weighted by Gasteiger charge is -2.44. The van der Waals surface area contributed by atoms with Gasteiger partial charge in [-0.15, -0.1) is 0 Å². The van der Waals surface area contributed by atoms with Crippen LogP contribution in [0.2, 0.25) is 0 Å². The highest BCUT2D eigenvalue weighted by Gasteiger charge is 2.49. The number of rotatable bonds is 2. The Kier molecular flexibility index (Phi) is 4.91. The maximum Gasteiger partial charge on any atom is 0.156 e. The first-order chi connectivity index (χ1) is 20.6. The SMILES string of the molecule is Cc1cc2c3c4c5c(cc(C)c14)C(c1ccccc1)c1ccccc1C5C(=O)C3c1ccccc1C2c1ccccc1. The van der Waals surface area contributed by atoms with Gasteiger partial charge in [-0.1, -0.05) is 121 Å². The van der Waals surface area contributed by atoms with Crippen molar-refractivity contribution in [3.05, 3.63) is 188 Å². The molecule has 0 spiro atoms. The van der Waals surface area contributed by atoms with E-state index in [2.05, 4.69) is 135 Å². The average Bonchev–Trinajstić information content (AvgIpc) is 3.02. The van der Waals surface area contributed by atoms with Crippen molar-refractivity contribution in [2.45, 2.75) is 37.5 Å². The maximum atomic E-state index is 15.1. The largest absolute Gasteiger partial charge is 0.298 e. The Morgan fingerprint density at radius 2 is 0.762 bits per heavy atom. The van der Waals surface area contributed by atoms with Crippen LogP contribution in [0.25, 0.3) is 10.8 Å². The fourth-order valence-corrected chi connectivity index (χ4v) is 8.76. The third-order valence-electron chi connectivity index (χ3n) is 10.2. The molecule has 4 unspecified atom stereocenters. The van der Waals surface area contributed by atoms with Gasteiger partial charge < -0.3 is 0 Å². The predicted octanol–water partition coefficient (Wildman–Crippen LogP) is 9.29. The van der Waals surface area contributed by atoms with Gasteiger partial charge in [-0.25, -0.2) is 0 Å². The molecule has 0 N–H and O–H groups in total. The Bertz CT molecular complexity index is 1940. The van der Waals surface area contributed by atoms with Crippen LogP contribution in [0.3, 0.4) is 0 Å². The summed E-state index contributed by atoms with van der Waals surface area (Å²) in [4.78, 5) is 15.1. The first kappa shape index (κ1) is 23.9. The van der Waals surface area contributed by atoms with Crippen molar-refractivity contribution in [2.75, 3.05) is 0 Å². The molecule has 0 aromatic heterocycles. The molecule has 0 radical (unpaired) electrons. The number of hydrogen-bond donors (Lipinski definition) is 0. The number of carbonyl (C=O) groups is 1. The van der Waals surface area contributed by atoms with E-state index in [1.165, 1.54) is 77.5 Å². The molecular weight excluding hydrogens is 508 g/mol. The van der Waals surface area contributed by atoms with E-state index in [0.717, 1.165) is 0 Å². The first-order valence-electron chi connectivity index (χ1n) is 15.0. The summed E-state index contributed by atoms with van der Waals surface area (Å²) >= 11 is 0. The minimum atomic E-state index is -0.271. The number of ketones is 1. The van der Waals surface area contributed by atoms with E-state index < -0.39 is 0 Å². The van der Waals surface area contributed by atoms with Gasteiger partial charge >= 0.3 is 0 Å². The van der Waals surface area contributed by atoms with Gasteiger partial charge in [-0.05, 0) is 91.4 Å². The molecule has 42 heavy (non-hydrogen) atoms. The lowest BCUT2D eigenvalue weighted by molar-refractivity contribution is -0.120. The van der Waals surface area contributed by atoms with E-state index >= 15 is 4.79 Å². The molecule has 3 aliphatic carbocycles. The molecule has 1 nitrogen and oxygen atoms in total. The second-order valence-corrected chi connectivity index (χ2v) is 12.4. The molecular formula is C41H30O. The number of Topliss-reactive ketones (excluding diaryl/α,β-unsaturated/α-hetero) is 1. The zero-order valence-electron chi connectivity index (χ0n) is 23.8. The van der Waals surface area contributed by atoms with Crippen LogP contribution in [0.15, 0.2) is 121 Å². The number of hydrogen-bond acceptors (Lipinski definition) is 1. The highest BCUT2D eigenvalue weighted by Crippen LogP contribution is 2.59. The van der Waals surface area contributed by atoms with Gasteiger partial charge in [0.1, 0.15) is 0 Å². The van der Waals surface area contributed by atoms with Crippen molar-refractivity contribution < 1.29 is 4.79 Å². The van der Waals surface area contributed by atoms with Crippen molar-refractivity contribution in [3.8, 4) is 0 Å². The molecule has 0 saturated carbocycles. The molecule has 6 aromatic carbocycles. The van der Waals surface area contributed by atoms with Crippen molar-refractivity contribution in [2.24, 2.45) is 0 Å². The summed E-state index contributed by atoms with van der Waals surface area (Å²) in [7, 11) is 0. The normalized spacial score (nSPS) is 21.1. The fraction of sp³-hybridized carbons (Fsp3) is 0.146. The van der Waals surface area contributed by atoms with Gasteiger partial charge in [0, 0.05) is 11.8 Å². The smallest absolute Gasteiger partial charge is 0.156 e. The topological polar surface area (TPSA) is 17.1 Å². The van der Waals surface area contributed by atoms with Gasteiger partial charge in [-0.3, -0.25) is 4.79 Å². The minimum Gasteiger partial charge on any atom is -0.298 e. The Balaban J connectivity index is 1.47. The zero-order valence-corrected chi connectivity index (χ0v) is 23.8. The van der Waals surface area contributed by atoms with E-state index in [9.17, 15) is 0 Å². The summed E-state index contributed by atoms with van der Waals surface area (Å²) < 4.78 is 0. The van der Waals surface area contributed by atoms with Crippen LogP contribution in [-0.4, -0.2) is 5.78 Å². The number of carbonyl (C=O) groups excluding carboxylic acids is 1. The third kappa shape index (κ3) is 3.01. The summed E-state index contributed by atoms with van der Waals surface area (Å²) in [6, 6.07) is 43.9. The van der Waals surface area contributed by atoms with Crippen LogP contribution >= 0.6 is 0 Å². The Hall–Kier alpha value is -4.75. The molecule has 6 aromatic rings. The van der Waals surface area contributed by atoms with Gasteiger partial charge in [-0.2, -0.15) is 0 Å². The highest BCUT2D eigenvalue weighted by molar-refractivity contribution is 6.12. The summed E-state index contributed by atoms with van der Waals surface area (Å²) in [5.74, 6) is -0.0338. The van der Waals surface area contributed by atoms with Crippen LogP contribution < -0.4 is 0 Å². The van der Waals surface area contributed by atoms with E-state index in [0.29, 0.717) is 5.78 Å². The molecule has 0 amide bonds. The zero-order chi connectivity index (χ0) is 28.1. The quantitative estimate of drug-likeness (QED) is 0.215. The molecule has 9 rings (SSSR count). The molecule has 0 saturated heterocycles. The van der Waals surface area contributed by atoms with Crippen molar-refractivity contribution in [3.63, 3.8) is 0 Å². The van der Waals surface area contributed by atoms with E-state index in [1.807, 2.05) is 0 Å².